The van der Waals surface area contributed by atoms with E-state index in [0.29, 0.717) is 54.6 Å². The van der Waals surface area contributed by atoms with Gasteiger partial charge in [-0.3, -0.25) is 4.79 Å². The summed E-state index contributed by atoms with van der Waals surface area (Å²) in [6.07, 6.45) is 1.81. The van der Waals surface area contributed by atoms with Crippen LogP contribution in [0, 0.1) is 6.92 Å². The highest BCUT2D eigenvalue weighted by atomic mass is 16.5. The SMILES string of the molecule is COc1ccc(C(=O)O)cc1OCCCCOc1ccc2c(c1C)OC(C)(C)CC2=O. The molecule has 1 heterocycles. The van der Waals surface area contributed by atoms with E-state index in [1.165, 1.54) is 19.2 Å². The van der Waals surface area contributed by atoms with Crippen molar-refractivity contribution in [3.63, 3.8) is 0 Å². The molecule has 0 fully saturated rings. The van der Waals surface area contributed by atoms with Crippen LogP contribution in [0.4, 0.5) is 0 Å². The predicted molar refractivity (Wildman–Crippen MR) is 115 cm³/mol. The summed E-state index contributed by atoms with van der Waals surface area (Å²) in [6.45, 7) is 6.59. The van der Waals surface area contributed by atoms with Crippen LogP contribution < -0.4 is 18.9 Å². The fourth-order valence-electron chi connectivity index (χ4n) is 3.47. The Kier molecular flexibility index (Phi) is 6.73. The van der Waals surface area contributed by atoms with Gasteiger partial charge in [0.15, 0.2) is 17.3 Å². The molecule has 1 aliphatic rings. The predicted octanol–water partition coefficient (Wildman–Crippen LogP) is 4.68. The number of rotatable bonds is 9. The van der Waals surface area contributed by atoms with Gasteiger partial charge in [-0.1, -0.05) is 0 Å². The second kappa shape index (κ2) is 9.29. The van der Waals surface area contributed by atoms with Gasteiger partial charge in [0.2, 0.25) is 0 Å². The number of Topliss-reactive ketones (excluding diaryl/α,β-unsaturated/α-hetero) is 1. The molecule has 0 spiro atoms. The van der Waals surface area contributed by atoms with Gasteiger partial charge in [0.05, 0.1) is 37.9 Å². The van der Waals surface area contributed by atoms with Crippen LogP contribution in [0.25, 0.3) is 0 Å². The molecule has 0 amide bonds. The molecular formula is C24H28O7. The molecule has 166 valence electrons. The van der Waals surface area contributed by atoms with E-state index in [0.717, 1.165) is 12.0 Å². The maximum Gasteiger partial charge on any atom is 0.335 e. The van der Waals surface area contributed by atoms with Gasteiger partial charge in [-0.15, -0.1) is 0 Å². The zero-order valence-electron chi connectivity index (χ0n) is 18.3. The lowest BCUT2D eigenvalue weighted by Gasteiger charge is -2.33. The third kappa shape index (κ3) is 5.29. The first-order valence-corrected chi connectivity index (χ1v) is 10.2. The van der Waals surface area contributed by atoms with Gasteiger partial charge >= 0.3 is 5.97 Å². The molecular weight excluding hydrogens is 400 g/mol. The van der Waals surface area contributed by atoms with Crippen molar-refractivity contribution in [1.29, 1.82) is 0 Å². The van der Waals surface area contributed by atoms with Crippen LogP contribution in [0.2, 0.25) is 0 Å². The van der Waals surface area contributed by atoms with Crippen LogP contribution >= 0.6 is 0 Å². The first-order chi connectivity index (χ1) is 14.7. The molecule has 0 bridgehead atoms. The summed E-state index contributed by atoms with van der Waals surface area (Å²) in [5.74, 6) is 1.26. The van der Waals surface area contributed by atoms with Crippen molar-refractivity contribution in [2.24, 2.45) is 0 Å². The minimum Gasteiger partial charge on any atom is -0.493 e. The van der Waals surface area contributed by atoms with E-state index in [1.54, 1.807) is 12.1 Å². The van der Waals surface area contributed by atoms with Crippen LogP contribution in [0.15, 0.2) is 30.3 Å². The van der Waals surface area contributed by atoms with Crippen LogP contribution in [-0.2, 0) is 0 Å². The summed E-state index contributed by atoms with van der Waals surface area (Å²) in [5, 5.41) is 9.12. The van der Waals surface area contributed by atoms with Crippen molar-refractivity contribution in [2.75, 3.05) is 20.3 Å². The summed E-state index contributed by atoms with van der Waals surface area (Å²) < 4.78 is 22.9. The number of hydrogen-bond acceptors (Lipinski definition) is 6. The Balaban J connectivity index is 1.52. The first kappa shape index (κ1) is 22.5. The standard InChI is InChI=1S/C24H28O7/c1-15-19(10-8-17-18(25)14-24(2,3)31-22(15)17)29-11-5-6-12-30-21-13-16(23(26)27)7-9-20(21)28-4/h7-10,13H,5-6,11-12,14H2,1-4H3,(H,26,27). The second-order valence-electron chi connectivity index (χ2n) is 8.10. The first-order valence-electron chi connectivity index (χ1n) is 10.2. The van der Waals surface area contributed by atoms with Crippen molar-refractivity contribution in [1.82, 2.24) is 0 Å². The van der Waals surface area contributed by atoms with Crippen molar-refractivity contribution in [3.05, 3.63) is 47.0 Å². The number of aromatic carboxylic acids is 1. The number of carbonyl (C=O) groups is 2. The largest absolute Gasteiger partial charge is 0.493 e. The summed E-state index contributed by atoms with van der Waals surface area (Å²) >= 11 is 0. The Morgan fingerprint density at radius 1 is 1.06 bits per heavy atom. The lowest BCUT2D eigenvalue weighted by molar-refractivity contribution is 0.0611. The van der Waals surface area contributed by atoms with Gasteiger partial charge in [0.1, 0.15) is 17.1 Å². The van der Waals surface area contributed by atoms with Crippen molar-refractivity contribution in [2.45, 2.75) is 45.6 Å². The van der Waals surface area contributed by atoms with E-state index in [9.17, 15) is 9.59 Å². The molecule has 3 rings (SSSR count). The number of ketones is 1. The lowest BCUT2D eigenvalue weighted by Crippen LogP contribution is -2.36. The summed E-state index contributed by atoms with van der Waals surface area (Å²) in [7, 11) is 1.51. The maximum absolute atomic E-state index is 12.3. The Bertz CT molecular complexity index is 978. The fourth-order valence-corrected chi connectivity index (χ4v) is 3.47. The molecule has 1 aliphatic heterocycles. The van der Waals surface area contributed by atoms with E-state index in [1.807, 2.05) is 26.8 Å². The number of hydrogen-bond donors (Lipinski definition) is 1. The number of ether oxygens (including phenoxy) is 4. The maximum atomic E-state index is 12.3. The second-order valence-corrected chi connectivity index (χ2v) is 8.10. The minimum absolute atomic E-state index is 0.0837. The highest BCUT2D eigenvalue weighted by Gasteiger charge is 2.34. The molecule has 0 aromatic heterocycles. The van der Waals surface area contributed by atoms with E-state index in [2.05, 4.69) is 0 Å². The molecule has 0 radical (unpaired) electrons. The number of methoxy groups -OCH3 is 1. The van der Waals surface area contributed by atoms with E-state index in [4.69, 9.17) is 24.1 Å². The Morgan fingerprint density at radius 3 is 2.35 bits per heavy atom. The highest BCUT2D eigenvalue weighted by molar-refractivity contribution is 6.01. The number of carboxylic acid groups (broad SMARTS) is 1. The van der Waals surface area contributed by atoms with Gasteiger partial charge in [0.25, 0.3) is 0 Å². The van der Waals surface area contributed by atoms with E-state index in [-0.39, 0.29) is 11.3 Å². The molecule has 0 aliphatic carbocycles. The van der Waals surface area contributed by atoms with Gasteiger partial charge in [-0.05, 0) is 63.9 Å². The Morgan fingerprint density at radius 2 is 1.71 bits per heavy atom. The molecule has 2 aromatic carbocycles. The van der Waals surface area contributed by atoms with Crippen LogP contribution in [0.1, 0.15) is 59.4 Å². The zero-order chi connectivity index (χ0) is 22.6. The van der Waals surface area contributed by atoms with Crippen LogP contribution in [0.5, 0.6) is 23.0 Å². The van der Waals surface area contributed by atoms with Gasteiger partial charge in [0, 0.05) is 5.56 Å². The number of carbonyl (C=O) groups excluding carboxylic acids is 1. The van der Waals surface area contributed by atoms with Gasteiger partial charge in [-0.2, -0.15) is 0 Å². The number of benzene rings is 2. The highest BCUT2D eigenvalue weighted by Crippen LogP contribution is 2.39. The van der Waals surface area contributed by atoms with Crippen LogP contribution in [0.3, 0.4) is 0 Å². The third-order valence-corrected chi connectivity index (χ3v) is 5.09. The quantitative estimate of drug-likeness (QED) is 0.580. The molecule has 2 aromatic rings. The van der Waals surface area contributed by atoms with Crippen molar-refractivity contribution < 1.29 is 33.6 Å². The Labute approximate surface area is 181 Å². The molecule has 0 saturated carbocycles. The molecule has 7 nitrogen and oxygen atoms in total. The summed E-state index contributed by atoms with van der Waals surface area (Å²) in [4.78, 5) is 23.5. The third-order valence-electron chi connectivity index (χ3n) is 5.09. The fraction of sp³-hybridized carbons (Fsp3) is 0.417. The normalized spacial score (nSPS) is 14.4. The van der Waals surface area contributed by atoms with E-state index >= 15 is 0 Å². The number of fused-ring (bicyclic) bond motifs is 1. The monoisotopic (exact) mass is 428 g/mol. The molecule has 0 saturated heterocycles. The van der Waals surface area contributed by atoms with Gasteiger partial charge in [-0.25, -0.2) is 4.79 Å². The molecule has 0 atom stereocenters. The number of unbranched alkanes of at least 4 members (excludes halogenated alkanes) is 1. The summed E-state index contributed by atoms with van der Waals surface area (Å²) in [5.41, 5.74) is 1.05. The molecule has 7 heteroatoms. The van der Waals surface area contributed by atoms with Crippen molar-refractivity contribution >= 4 is 11.8 Å². The topological polar surface area (TPSA) is 91.3 Å². The molecule has 0 unspecified atom stereocenters. The average molecular weight is 428 g/mol. The van der Waals surface area contributed by atoms with Crippen molar-refractivity contribution in [3.8, 4) is 23.0 Å². The summed E-state index contributed by atoms with van der Waals surface area (Å²) in [6, 6.07) is 8.08. The van der Waals surface area contributed by atoms with E-state index < -0.39 is 11.6 Å². The van der Waals surface area contributed by atoms with Crippen LogP contribution in [-0.4, -0.2) is 42.8 Å². The lowest BCUT2D eigenvalue weighted by atomic mass is 9.91. The number of carboxylic acids is 1. The smallest absolute Gasteiger partial charge is 0.335 e. The Hall–Kier alpha value is -3.22. The minimum atomic E-state index is -1.02. The molecule has 1 N–H and O–H groups in total. The average Bonchev–Trinajstić information content (AvgIpc) is 2.71. The van der Waals surface area contributed by atoms with Gasteiger partial charge < -0.3 is 24.1 Å². The molecule has 31 heavy (non-hydrogen) atoms. The zero-order valence-corrected chi connectivity index (χ0v) is 18.3.